The summed E-state index contributed by atoms with van der Waals surface area (Å²) in [5, 5.41) is 2.73. The number of nitrogens with one attached hydrogen (secondary N) is 1. The van der Waals surface area contributed by atoms with Crippen LogP contribution < -0.4 is 5.32 Å². The first kappa shape index (κ1) is 23.7. The van der Waals surface area contributed by atoms with Gasteiger partial charge < -0.3 is 14.6 Å². The Hall–Kier alpha value is -3.50. The van der Waals surface area contributed by atoms with Crippen molar-refractivity contribution in [2.24, 2.45) is 0 Å². The minimum Gasteiger partial charge on any atom is -0.459 e. The molecule has 2 amide bonds. The molecular weight excluding hydrogens is 461 g/mol. The Kier molecular flexibility index (Phi) is 7.09. The number of hydrogen-bond acceptors (Lipinski definition) is 5. The second kappa shape index (κ2) is 10.2. The second-order valence-corrected chi connectivity index (χ2v) is 9.76. The smallest absolute Gasteiger partial charge is 0.287 e. The molecule has 1 aliphatic heterocycles. The number of carbonyl (C=O) groups excluding carboxylic acids is 2. The number of hydrogen-bond donors (Lipinski definition) is 1. The molecule has 1 aromatic heterocycles. The van der Waals surface area contributed by atoms with E-state index in [1.165, 1.54) is 39.7 Å². The van der Waals surface area contributed by atoms with Crippen LogP contribution in [0.3, 0.4) is 0 Å². The lowest BCUT2D eigenvalue weighted by molar-refractivity contribution is -0.134. The lowest BCUT2D eigenvalue weighted by Crippen LogP contribution is -2.56. The van der Waals surface area contributed by atoms with Gasteiger partial charge in [0.05, 0.1) is 6.26 Å². The number of halogens is 1. The standard InChI is InChI=1S/C24H24FN3O5S/c25-19-9-4-5-11-22(19)34(31,32)28-14-12-27(13-15-28)24(30)20(17-18-7-2-1-3-8-18)26-23(29)21-10-6-16-33-21/h1-11,16,20H,12-15,17H2,(H,26,29)/t20-/m1/s1. The maximum atomic E-state index is 14.1. The van der Waals surface area contributed by atoms with E-state index < -0.39 is 27.8 Å². The zero-order valence-electron chi connectivity index (χ0n) is 18.3. The molecule has 1 fully saturated rings. The van der Waals surface area contributed by atoms with Crippen LogP contribution in [0.4, 0.5) is 4.39 Å². The normalized spacial score (nSPS) is 15.6. The van der Waals surface area contributed by atoms with E-state index in [4.69, 9.17) is 4.42 Å². The molecule has 1 saturated heterocycles. The van der Waals surface area contributed by atoms with Gasteiger partial charge in [-0.2, -0.15) is 4.31 Å². The zero-order valence-corrected chi connectivity index (χ0v) is 19.1. The maximum absolute atomic E-state index is 14.1. The summed E-state index contributed by atoms with van der Waals surface area (Å²) in [6.45, 7) is 0.280. The van der Waals surface area contributed by atoms with Crippen molar-refractivity contribution in [1.82, 2.24) is 14.5 Å². The number of nitrogens with zero attached hydrogens (tertiary/aromatic N) is 2. The maximum Gasteiger partial charge on any atom is 0.287 e. The van der Waals surface area contributed by atoms with Crippen molar-refractivity contribution in [3.63, 3.8) is 0 Å². The average molecular weight is 486 g/mol. The molecule has 0 radical (unpaired) electrons. The van der Waals surface area contributed by atoms with E-state index in [-0.39, 0.29) is 49.2 Å². The van der Waals surface area contributed by atoms with Gasteiger partial charge >= 0.3 is 0 Å². The molecule has 0 aliphatic carbocycles. The number of sulfonamides is 1. The van der Waals surface area contributed by atoms with Crippen molar-refractivity contribution < 1.29 is 26.8 Å². The first-order chi connectivity index (χ1) is 16.4. The molecule has 10 heteroatoms. The van der Waals surface area contributed by atoms with E-state index >= 15 is 0 Å². The zero-order chi connectivity index (χ0) is 24.1. The van der Waals surface area contributed by atoms with E-state index in [9.17, 15) is 22.4 Å². The molecule has 0 bridgehead atoms. The summed E-state index contributed by atoms with van der Waals surface area (Å²) in [5.41, 5.74) is 0.862. The van der Waals surface area contributed by atoms with Gasteiger partial charge in [0.1, 0.15) is 16.8 Å². The topological polar surface area (TPSA) is 99.9 Å². The molecule has 4 rings (SSSR count). The summed E-state index contributed by atoms with van der Waals surface area (Å²) < 4.78 is 46.1. The average Bonchev–Trinajstić information content (AvgIpc) is 3.39. The molecule has 0 unspecified atom stereocenters. The monoisotopic (exact) mass is 485 g/mol. The van der Waals surface area contributed by atoms with Crippen LogP contribution >= 0.6 is 0 Å². The molecule has 2 aromatic carbocycles. The van der Waals surface area contributed by atoms with Gasteiger partial charge in [-0.1, -0.05) is 42.5 Å². The largest absolute Gasteiger partial charge is 0.459 e. The van der Waals surface area contributed by atoms with Crippen LogP contribution in [0.5, 0.6) is 0 Å². The van der Waals surface area contributed by atoms with Gasteiger partial charge in [-0.3, -0.25) is 9.59 Å². The number of furan rings is 1. The van der Waals surface area contributed by atoms with Gasteiger partial charge in [-0.05, 0) is 29.8 Å². The van der Waals surface area contributed by atoms with E-state index in [1.807, 2.05) is 30.3 Å². The lowest BCUT2D eigenvalue weighted by Gasteiger charge is -2.36. The third kappa shape index (κ3) is 5.18. The summed E-state index contributed by atoms with van der Waals surface area (Å²) in [6, 6.07) is 16.7. The van der Waals surface area contributed by atoms with E-state index in [2.05, 4.69) is 5.32 Å². The third-order valence-electron chi connectivity index (χ3n) is 5.64. The first-order valence-electron chi connectivity index (χ1n) is 10.8. The van der Waals surface area contributed by atoms with Gasteiger partial charge in [-0.25, -0.2) is 12.8 Å². The van der Waals surface area contributed by atoms with Crippen LogP contribution in [0.25, 0.3) is 0 Å². The summed E-state index contributed by atoms with van der Waals surface area (Å²) in [5.74, 6) is -1.57. The lowest BCUT2D eigenvalue weighted by atomic mass is 10.0. The van der Waals surface area contributed by atoms with Crippen LogP contribution in [-0.2, 0) is 21.2 Å². The van der Waals surface area contributed by atoms with Crippen LogP contribution in [0.2, 0.25) is 0 Å². The molecule has 2 heterocycles. The third-order valence-corrected chi connectivity index (χ3v) is 7.57. The fourth-order valence-corrected chi connectivity index (χ4v) is 5.34. The number of amides is 2. The van der Waals surface area contributed by atoms with Gasteiger partial charge in [0.2, 0.25) is 15.9 Å². The summed E-state index contributed by atoms with van der Waals surface area (Å²) >= 11 is 0. The van der Waals surface area contributed by atoms with Crippen molar-refractivity contribution in [3.8, 4) is 0 Å². The fourth-order valence-electron chi connectivity index (χ4n) is 3.85. The summed E-state index contributed by atoms with van der Waals surface area (Å²) in [6.07, 6.45) is 1.64. The fraction of sp³-hybridized carbons (Fsp3) is 0.250. The van der Waals surface area contributed by atoms with Crippen LogP contribution in [0, 0.1) is 5.82 Å². The minimum absolute atomic E-state index is 0.0204. The van der Waals surface area contributed by atoms with Gasteiger partial charge in [0.25, 0.3) is 5.91 Å². The quantitative estimate of drug-likeness (QED) is 0.554. The van der Waals surface area contributed by atoms with Crippen LogP contribution in [0.15, 0.2) is 82.3 Å². The highest BCUT2D eigenvalue weighted by Crippen LogP contribution is 2.21. The number of benzene rings is 2. The minimum atomic E-state index is -4.02. The Bertz CT molecular complexity index is 1240. The SMILES string of the molecule is O=C(N[C@H](Cc1ccccc1)C(=O)N1CCN(S(=O)(=O)c2ccccc2F)CC1)c1ccco1. The molecular formula is C24H24FN3O5S. The first-order valence-corrected chi connectivity index (χ1v) is 12.2. The molecule has 0 spiro atoms. The number of carbonyl (C=O) groups is 2. The highest BCUT2D eigenvalue weighted by atomic mass is 32.2. The van der Waals surface area contributed by atoms with Crippen molar-refractivity contribution >= 4 is 21.8 Å². The Morgan fingerprint density at radius 3 is 2.26 bits per heavy atom. The van der Waals surface area contributed by atoms with Crippen molar-refractivity contribution in [2.75, 3.05) is 26.2 Å². The molecule has 3 aromatic rings. The van der Waals surface area contributed by atoms with Crippen LogP contribution in [-0.4, -0.2) is 61.7 Å². The Labute approximate surface area is 197 Å². The second-order valence-electron chi connectivity index (χ2n) is 7.85. The van der Waals surface area contributed by atoms with Crippen LogP contribution in [0.1, 0.15) is 16.1 Å². The Balaban J connectivity index is 1.46. The number of rotatable bonds is 7. The summed E-state index contributed by atoms with van der Waals surface area (Å²) in [4.78, 5) is 27.0. The van der Waals surface area contributed by atoms with Gasteiger partial charge in [0, 0.05) is 32.6 Å². The molecule has 178 valence electrons. The van der Waals surface area contributed by atoms with E-state index in [1.54, 1.807) is 6.07 Å². The molecule has 8 nitrogen and oxygen atoms in total. The van der Waals surface area contributed by atoms with Crippen molar-refractivity contribution in [2.45, 2.75) is 17.4 Å². The number of piperazine rings is 1. The Morgan fingerprint density at radius 1 is 0.941 bits per heavy atom. The molecule has 34 heavy (non-hydrogen) atoms. The molecule has 1 aliphatic rings. The molecule has 0 saturated carbocycles. The molecule has 1 atom stereocenters. The van der Waals surface area contributed by atoms with Gasteiger partial charge in [0.15, 0.2) is 5.76 Å². The summed E-state index contributed by atoms with van der Waals surface area (Å²) in [7, 11) is -4.02. The van der Waals surface area contributed by atoms with Crippen molar-refractivity contribution in [3.05, 3.63) is 90.1 Å². The van der Waals surface area contributed by atoms with Crippen molar-refractivity contribution in [1.29, 1.82) is 0 Å². The highest BCUT2D eigenvalue weighted by Gasteiger charge is 2.34. The highest BCUT2D eigenvalue weighted by molar-refractivity contribution is 7.89. The van der Waals surface area contributed by atoms with Gasteiger partial charge in [-0.15, -0.1) is 0 Å². The Morgan fingerprint density at radius 2 is 1.62 bits per heavy atom. The predicted molar refractivity (Wildman–Crippen MR) is 122 cm³/mol. The van der Waals surface area contributed by atoms with E-state index in [0.717, 1.165) is 11.6 Å². The molecule has 1 N–H and O–H groups in total. The predicted octanol–water partition coefficient (Wildman–Crippen LogP) is 2.29. The van der Waals surface area contributed by atoms with E-state index in [0.29, 0.717) is 0 Å².